The third kappa shape index (κ3) is 6.19. The van der Waals surface area contributed by atoms with Crippen LogP contribution in [-0.4, -0.2) is 83.0 Å². The van der Waals surface area contributed by atoms with Gasteiger partial charge in [0.1, 0.15) is 5.69 Å². The van der Waals surface area contributed by atoms with E-state index in [1.807, 2.05) is 13.8 Å². The predicted molar refractivity (Wildman–Crippen MR) is 143 cm³/mol. The number of pyridine rings is 1. The average Bonchev–Trinajstić information content (AvgIpc) is 2.88. The zero-order chi connectivity index (χ0) is 26.7. The Morgan fingerprint density at radius 1 is 1.19 bits per heavy atom. The SMILES string of the molecule is CNc1cncc(C(=O)N2CCC[C@@H](Nc3c(C(=O)N4CCOC(C)(C)C4)cc(Br)cc3[N+](=O)[O-])C2)c1. The molecule has 3 heterocycles. The number of amides is 2. The number of piperidine rings is 1. The van der Waals surface area contributed by atoms with E-state index in [-0.39, 0.29) is 34.8 Å². The first-order valence-electron chi connectivity index (χ1n) is 12.2. The van der Waals surface area contributed by atoms with Crippen LogP contribution in [0.5, 0.6) is 0 Å². The Labute approximate surface area is 223 Å². The lowest BCUT2D eigenvalue weighted by atomic mass is 10.0. The van der Waals surface area contributed by atoms with Crippen LogP contribution in [0.2, 0.25) is 0 Å². The van der Waals surface area contributed by atoms with E-state index in [1.165, 1.54) is 12.3 Å². The highest BCUT2D eigenvalue weighted by molar-refractivity contribution is 9.10. The van der Waals surface area contributed by atoms with Gasteiger partial charge in [-0.1, -0.05) is 15.9 Å². The molecule has 0 unspecified atom stereocenters. The van der Waals surface area contributed by atoms with Crippen LogP contribution in [0.15, 0.2) is 35.1 Å². The summed E-state index contributed by atoms with van der Waals surface area (Å²) in [5.41, 5.74) is 0.877. The van der Waals surface area contributed by atoms with E-state index in [1.54, 1.807) is 35.2 Å². The number of halogens is 1. The Balaban J connectivity index is 1.60. The lowest BCUT2D eigenvalue weighted by Crippen LogP contribution is -2.50. The number of hydrogen-bond acceptors (Lipinski definition) is 8. The number of carbonyl (C=O) groups is 2. The number of carbonyl (C=O) groups excluding carboxylic acids is 2. The van der Waals surface area contributed by atoms with E-state index >= 15 is 0 Å². The highest BCUT2D eigenvalue weighted by Crippen LogP contribution is 2.35. The van der Waals surface area contributed by atoms with Gasteiger partial charge in [0, 0.05) is 62.2 Å². The normalized spacial score (nSPS) is 19.3. The van der Waals surface area contributed by atoms with Crippen LogP contribution in [-0.2, 0) is 4.74 Å². The summed E-state index contributed by atoms with van der Waals surface area (Å²) in [5.74, 6) is -0.463. The minimum Gasteiger partial charge on any atom is -0.387 e. The summed E-state index contributed by atoms with van der Waals surface area (Å²) >= 11 is 3.33. The molecule has 4 rings (SSSR count). The third-order valence-electron chi connectivity index (χ3n) is 6.55. The van der Waals surface area contributed by atoms with Crippen LogP contribution < -0.4 is 10.6 Å². The van der Waals surface area contributed by atoms with Crippen molar-refractivity contribution in [3.05, 3.63) is 56.3 Å². The zero-order valence-corrected chi connectivity index (χ0v) is 22.7. The third-order valence-corrected chi connectivity index (χ3v) is 7.01. The summed E-state index contributed by atoms with van der Waals surface area (Å²) in [5, 5.41) is 18.3. The maximum atomic E-state index is 13.6. The Kier molecular flexibility index (Phi) is 7.98. The molecule has 198 valence electrons. The monoisotopic (exact) mass is 574 g/mol. The molecule has 1 aromatic carbocycles. The van der Waals surface area contributed by atoms with Crippen LogP contribution in [0.4, 0.5) is 17.1 Å². The largest absolute Gasteiger partial charge is 0.387 e. The summed E-state index contributed by atoms with van der Waals surface area (Å²) in [7, 11) is 1.76. The zero-order valence-electron chi connectivity index (χ0n) is 21.1. The van der Waals surface area contributed by atoms with Gasteiger partial charge in [0.15, 0.2) is 0 Å². The fourth-order valence-corrected chi connectivity index (χ4v) is 5.22. The van der Waals surface area contributed by atoms with Crippen molar-refractivity contribution in [1.29, 1.82) is 0 Å². The smallest absolute Gasteiger partial charge is 0.294 e. The van der Waals surface area contributed by atoms with Gasteiger partial charge in [0.25, 0.3) is 17.5 Å². The first kappa shape index (κ1) is 26.8. The first-order chi connectivity index (χ1) is 17.6. The quantitative estimate of drug-likeness (QED) is 0.394. The minimum atomic E-state index is -0.511. The van der Waals surface area contributed by atoms with Crippen molar-refractivity contribution in [3.8, 4) is 0 Å². The van der Waals surface area contributed by atoms with Gasteiger partial charge in [0.05, 0.1) is 33.9 Å². The summed E-state index contributed by atoms with van der Waals surface area (Å²) in [6, 6.07) is 4.47. The van der Waals surface area contributed by atoms with Crippen molar-refractivity contribution < 1.29 is 19.2 Å². The molecule has 2 amide bonds. The number of morpholine rings is 1. The average molecular weight is 575 g/mol. The molecule has 0 spiro atoms. The molecule has 11 nitrogen and oxygen atoms in total. The van der Waals surface area contributed by atoms with E-state index in [0.717, 1.165) is 5.69 Å². The molecule has 12 heteroatoms. The van der Waals surface area contributed by atoms with E-state index in [2.05, 4.69) is 31.5 Å². The first-order valence-corrected chi connectivity index (χ1v) is 13.0. The molecule has 1 aromatic heterocycles. The molecule has 2 N–H and O–H groups in total. The molecule has 2 aliphatic rings. The molecule has 0 aliphatic carbocycles. The summed E-state index contributed by atoms with van der Waals surface area (Å²) in [6.45, 7) is 5.88. The highest BCUT2D eigenvalue weighted by Gasteiger charge is 2.34. The standard InChI is InChI=1S/C25H31BrN6O5/c1-25(2)15-31(7-8-37-25)24(34)20-10-17(26)11-21(32(35)36)22(20)29-18-5-4-6-30(14-18)23(33)16-9-19(27-3)13-28-12-16/h9-13,18,27,29H,4-8,14-15H2,1-3H3/t18-/m1/s1. The fraction of sp³-hybridized carbons (Fsp3) is 0.480. The second kappa shape index (κ2) is 11.0. The number of likely N-dealkylation sites (tertiary alicyclic amines) is 1. The van der Waals surface area contributed by atoms with Crippen LogP contribution in [0.1, 0.15) is 47.4 Å². The van der Waals surface area contributed by atoms with Crippen molar-refractivity contribution in [2.45, 2.75) is 38.3 Å². The molecule has 2 aromatic rings. The number of nitrogens with zero attached hydrogens (tertiary/aromatic N) is 4. The Bertz CT molecular complexity index is 1210. The number of benzene rings is 1. The molecule has 2 saturated heterocycles. The van der Waals surface area contributed by atoms with Crippen LogP contribution in [0.25, 0.3) is 0 Å². The Hall–Kier alpha value is -3.25. The van der Waals surface area contributed by atoms with Gasteiger partial charge in [-0.15, -0.1) is 0 Å². The van der Waals surface area contributed by atoms with Crippen molar-refractivity contribution in [2.24, 2.45) is 0 Å². The number of anilines is 2. The second-order valence-electron chi connectivity index (χ2n) is 9.89. The number of nitro groups is 1. The summed E-state index contributed by atoms with van der Waals surface area (Å²) < 4.78 is 6.17. The van der Waals surface area contributed by atoms with E-state index in [0.29, 0.717) is 55.7 Å². The molecular weight excluding hydrogens is 544 g/mol. The van der Waals surface area contributed by atoms with Gasteiger partial charge >= 0.3 is 0 Å². The maximum absolute atomic E-state index is 13.6. The van der Waals surface area contributed by atoms with E-state index in [4.69, 9.17) is 4.74 Å². The minimum absolute atomic E-state index is 0.159. The topological polar surface area (TPSA) is 130 Å². The summed E-state index contributed by atoms with van der Waals surface area (Å²) in [4.78, 5) is 45.8. The van der Waals surface area contributed by atoms with Crippen molar-refractivity contribution in [2.75, 3.05) is 50.5 Å². The maximum Gasteiger partial charge on any atom is 0.294 e. The van der Waals surface area contributed by atoms with Gasteiger partial charge in [-0.25, -0.2) is 0 Å². The van der Waals surface area contributed by atoms with Gasteiger partial charge in [0.2, 0.25) is 0 Å². The number of aromatic nitrogens is 1. The van der Waals surface area contributed by atoms with Crippen LogP contribution in [0.3, 0.4) is 0 Å². The Morgan fingerprint density at radius 2 is 1.97 bits per heavy atom. The fourth-order valence-electron chi connectivity index (χ4n) is 4.78. The number of nitro benzene ring substituents is 1. The molecule has 0 bridgehead atoms. The molecule has 1 atom stereocenters. The lowest BCUT2D eigenvalue weighted by molar-refractivity contribution is -0.384. The van der Waals surface area contributed by atoms with Crippen molar-refractivity contribution in [1.82, 2.24) is 14.8 Å². The highest BCUT2D eigenvalue weighted by atomic mass is 79.9. The lowest BCUT2D eigenvalue weighted by Gasteiger charge is -2.38. The molecule has 2 fully saturated rings. The molecule has 0 radical (unpaired) electrons. The molecule has 0 saturated carbocycles. The number of hydrogen-bond donors (Lipinski definition) is 2. The van der Waals surface area contributed by atoms with Crippen molar-refractivity contribution in [3.63, 3.8) is 0 Å². The number of nitrogens with one attached hydrogen (secondary N) is 2. The van der Waals surface area contributed by atoms with Gasteiger partial charge < -0.3 is 25.2 Å². The van der Waals surface area contributed by atoms with Gasteiger partial charge in [-0.2, -0.15) is 0 Å². The molecule has 37 heavy (non-hydrogen) atoms. The summed E-state index contributed by atoms with van der Waals surface area (Å²) in [6.07, 6.45) is 4.58. The van der Waals surface area contributed by atoms with E-state index in [9.17, 15) is 19.7 Å². The van der Waals surface area contributed by atoms with Crippen molar-refractivity contribution >= 4 is 44.8 Å². The molecular formula is C25H31BrN6O5. The second-order valence-corrected chi connectivity index (χ2v) is 10.8. The number of ether oxygens (including phenoxy) is 1. The number of rotatable bonds is 6. The van der Waals surface area contributed by atoms with E-state index < -0.39 is 10.5 Å². The predicted octanol–water partition coefficient (Wildman–Crippen LogP) is 3.76. The Morgan fingerprint density at radius 3 is 2.68 bits per heavy atom. The molecule has 2 aliphatic heterocycles. The van der Waals surface area contributed by atoms with Gasteiger partial charge in [-0.05, 0) is 38.8 Å². The van der Waals surface area contributed by atoms with Crippen LogP contribution >= 0.6 is 15.9 Å². The van der Waals surface area contributed by atoms with Gasteiger partial charge in [-0.3, -0.25) is 24.7 Å². The van der Waals surface area contributed by atoms with Crippen LogP contribution in [0, 0.1) is 10.1 Å².